The van der Waals surface area contributed by atoms with Gasteiger partial charge in [-0.1, -0.05) is 20.8 Å². The highest BCUT2D eigenvalue weighted by atomic mass is 16.5. The van der Waals surface area contributed by atoms with Crippen LogP contribution in [0.5, 0.6) is 0 Å². The maximum atomic E-state index is 12.6. The number of nitrogens with one attached hydrogen (secondary N) is 2. The molecule has 140 valence electrons. The van der Waals surface area contributed by atoms with Crippen molar-refractivity contribution in [2.75, 3.05) is 26.3 Å². The van der Waals surface area contributed by atoms with Crippen molar-refractivity contribution in [1.82, 2.24) is 20.4 Å². The molecule has 1 amide bonds. The van der Waals surface area contributed by atoms with Gasteiger partial charge < -0.3 is 10.1 Å². The number of likely N-dealkylation sites (tertiary alicyclic amines) is 1. The SMILES string of the molecule is CC(C)(C)c1cc(CNC(=O)[C@H]2CCCN(C3CCOCC3)C2)[nH]n1. The van der Waals surface area contributed by atoms with E-state index < -0.39 is 0 Å². The third-order valence-electron chi connectivity index (χ3n) is 5.38. The number of hydrogen-bond donors (Lipinski definition) is 2. The number of hydrogen-bond acceptors (Lipinski definition) is 4. The van der Waals surface area contributed by atoms with Gasteiger partial charge in [-0.25, -0.2) is 0 Å². The Hall–Kier alpha value is -1.40. The molecular formula is C19H32N4O2. The largest absolute Gasteiger partial charge is 0.381 e. The maximum Gasteiger partial charge on any atom is 0.224 e. The average Bonchev–Trinajstić information content (AvgIpc) is 3.10. The van der Waals surface area contributed by atoms with Gasteiger partial charge in [0.2, 0.25) is 5.91 Å². The van der Waals surface area contributed by atoms with Crippen LogP contribution in [-0.2, 0) is 21.5 Å². The first-order chi connectivity index (χ1) is 11.9. The Morgan fingerprint density at radius 1 is 1.36 bits per heavy atom. The van der Waals surface area contributed by atoms with Gasteiger partial charge in [0.15, 0.2) is 0 Å². The number of amides is 1. The van der Waals surface area contributed by atoms with E-state index in [2.05, 4.69) is 47.3 Å². The van der Waals surface area contributed by atoms with Crippen LogP contribution < -0.4 is 5.32 Å². The minimum atomic E-state index is 0.0202. The van der Waals surface area contributed by atoms with Gasteiger partial charge in [0.1, 0.15) is 0 Å². The molecule has 3 heterocycles. The fourth-order valence-corrected chi connectivity index (χ4v) is 3.77. The van der Waals surface area contributed by atoms with Crippen molar-refractivity contribution in [3.8, 4) is 0 Å². The Labute approximate surface area is 150 Å². The summed E-state index contributed by atoms with van der Waals surface area (Å²) in [5, 5.41) is 10.5. The second-order valence-corrected chi connectivity index (χ2v) is 8.42. The summed E-state index contributed by atoms with van der Waals surface area (Å²) in [4.78, 5) is 15.1. The molecule has 6 heteroatoms. The molecule has 2 saturated heterocycles. The predicted molar refractivity (Wildman–Crippen MR) is 97.3 cm³/mol. The summed E-state index contributed by atoms with van der Waals surface area (Å²) in [6.45, 7) is 10.6. The number of carbonyl (C=O) groups excluding carboxylic acids is 1. The summed E-state index contributed by atoms with van der Waals surface area (Å²) < 4.78 is 5.46. The number of piperidine rings is 1. The molecule has 25 heavy (non-hydrogen) atoms. The first kappa shape index (κ1) is 18.4. The number of rotatable bonds is 4. The minimum absolute atomic E-state index is 0.0202. The molecule has 0 spiro atoms. The van der Waals surface area contributed by atoms with E-state index in [4.69, 9.17) is 4.74 Å². The van der Waals surface area contributed by atoms with Gasteiger partial charge in [-0.2, -0.15) is 5.10 Å². The highest BCUT2D eigenvalue weighted by Gasteiger charge is 2.30. The summed E-state index contributed by atoms with van der Waals surface area (Å²) in [6.07, 6.45) is 4.28. The molecule has 0 saturated carbocycles. The van der Waals surface area contributed by atoms with Crippen LogP contribution in [0.2, 0.25) is 0 Å². The molecule has 0 aromatic carbocycles. The predicted octanol–water partition coefficient (Wildman–Crippen LogP) is 2.21. The lowest BCUT2D eigenvalue weighted by Gasteiger charge is -2.39. The number of carbonyl (C=O) groups is 1. The zero-order chi connectivity index (χ0) is 17.9. The summed E-state index contributed by atoms with van der Waals surface area (Å²) in [6, 6.07) is 2.64. The molecule has 0 aliphatic carbocycles. The van der Waals surface area contributed by atoms with Gasteiger partial charge >= 0.3 is 0 Å². The molecule has 6 nitrogen and oxygen atoms in total. The third kappa shape index (κ3) is 4.82. The molecule has 2 N–H and O–H groups in total. The molecule has 1 aromatic rings. The Bertz CT molecular complexity index is 572. The van der Waals surface area contributed by atoms with Crippen molar-refractivity contribution in [2.45, 2.75) is 64.5 Å². The van der Waals surface area contributed by atoms with Crippen LogP contribution in [0.25, 0.3) is 0 Å². The summed E-state index contributed by atoms with van der Waals surface area (Å²) in [5.74, 6) is 0.269. The Morgan fingerprint density at radius 3 is 2.80 bits per heavy atom. The van der Waals surface area contributed by atoms with E-state index in [-0.39, 0.29) is 17.2 Å². The maximum absolute atomic E-state index is 12.6. The second kappa shape index (κ2) is 7.87. The normalized spacial score (nSPS) is 23.6. The van der Waals surface area contributed by atoms with E-state index in [0.717, 1.165) is 63.4 Å². The Balaban J connectivity index is 1.49. The van der Waals surface area contributed by atoms with Gasteiger partial charge in [-0.3, -0.25) is 14.8 Å². The van der Waals surface area contributed by atoms with Gasteiger partial charge in [0, 0.05) is 31.2 Å². The Morgan fingerprint density at radius 2 is 2.12 bits per heavy atom. The van der Waals surface area contributed by atoms with Gasteiger partial charge in [0.05, 0.1) is 23.9 Å². The van der Waals surface area contributed by atoms with E-state index >= 15 is 0 Å². The molecule has 0 radical (unpaired) electrons. The summed E-state index contributed by atoms with van der Waals surface area (Å²) in [7, 11) is 0. The third-order valence-corrected chi connectivity index (χ3v) is 5.38. The number of aromatic amines is 1. The molecule has 0 bridgehead atoms. The molecular weight excluding hydrogens is 316 g/mol. The molecule has 2 fully saturated rings. The molecule has 1 atom stereocenters. The average molecular weight is 348 g/mol. The monoisotopic (exact) mass is 348 g/mol. The molecule has 2 aliphatic rings. The fourth-order valence-electron chi connectivity index (χ4n) is 3.77. The van der Waals surface area contributed by atoms with E-state index in [1.807, 2.05) is 0 Å². The van der Waals surface area contributed by atoms with Crippen molar-refractivity contribution < 1.29 is 9.53 Å². The number of aromatic nitrogens is 2. The van der Waals surface area contributed by atoms with Crippen molar-refractivity contribution in [2.24, 2.45) is 5.92 Å². The van der Waals surface area contributed by atoms with Crippen molar-refractivity contribution in [3.05, 3.63) is 17.5 Å². The van der Waals surface area contributed by atoms with Crippen LogP contribution in [0.1, 0.15) is 57.8 Å². The highest BCUT2D eigenvalue weighted by Crippen LogP contribution is 2.23. The zero-order valence-electron chi connectivity index (χ0n) is 15.8. The van der Waals surface area contributed by atoms with E-state index in [1.54, 1.807) is 0 Å². The van der Waals surface area contributed by atoms with Crippen LogP contribution in [0.4, 0.5) is 0 Å². The van der Waals surface area contributed by atoms with Crippen molar-refractivity contribution in [1.29, 1.82) is 0 Å². The van der Waals surface area contributed by atoms with Crippen LogP contribution in [0, 0.1) is 5.92 Å². The number of ether oxygens (including phenoxy) is 1. The van der Waals surface area contributed by atoms with E-state index in [9.17, 15) is 4.79 Å². The van der Waals surface area contributed by atoms with E-state index in [0.29, 0.717) is 12.6 Å². The molecule has 0 unspecified atom stereocenters. The van der Waals surface area contributed by atoms with E-state index in [1.165, 1.54) is 0 Å². The first-order valence-electron chi connectivity index (χ1n) is 9.58. The molecule has 2 aliphatic heterocycles. The van der Waals surface area contributed by atoms with Crippen LogP contribution in [-0.4, -0.2) is 53.3 Å². The standard InChI is InChI=1S/C19H32N4O2/c1-19(2,3)17-11-15(21-22-17)12-20-18(24)14-5-4-8-23(13-14)16-6-9-25-10-7-16/h11,14,16H,4-10,12-13H2,1-3H3,(H,20,24)(H,21,22)/t14-/m0/s1. The van der Waals surface area contributed by atoms with Gasteiger partial charge in [-0.05, 0) is 38.3 Å². The highest BCUT2D eigenvalue weighted by molar-refractivity contribution is 5.78. The minimum Gasteiger partial charge on any atom is -0.381 e. The summed E-state index contributed by atoms with van der Waals surface area (Å²) >= 11 is 0. The topological polar surface area (TPSA) is 70.2 Å². The quantitative estimate of drug-likeness (QED) is 0.875. The molecule has 1 aromatic heterocycles. The zero-order valence-corrected chi connectivity index (χ0v) is 15.8. The van der Waals surface area contributed by atoms with Gasteiger partial charge in [0.25, 0.3) is 0 Å². The lowest BCUT2D eigenvalue weighted by Crippen LogP contribution is -2.48. The van der Waals surface area contributed by atoms with Crippen molar-refractivity contribution in [3.63, 3.8) is 0 Å². The number of nitrogens with zero attached hydrogens (tertiary/aromatic N) is 2. The summed E-state index contributed by atoms with van der Waals surface area (Å²) in [5.41, 5.74) is 2.02. The number of H-pyrrole nitrogens is 1. The Kier molecular flexibility index (Phi) is 5.79. The van der Waals surface area contributed by atoms with Crippen LogP contribution in [0.15, 0.2) is 6.07 Å². The van der Waals surface area contributed by atoms with Crippen molar-refractivity contribution >= 4 is 5.91 Å². The first-order valence-corrected chi connectivity index (χ1v) is 9.58. The van der Waals surface area contributed by atoms with Crippen LogP contribution >= 0.6 is 0 Å². The lowest BCUT2D eigenvalue weighted by atomic mass is 9.92. The van der Waals surface area contributed by atoms with Gasteiger partial charge in [-0.15, -0.1) is 0 Å². The second-order valence-electron chi connectivity index (χ2n) is 8.42. The van der Waals surface area contributed by atoms with Crippen LogP contribution in [0.3, 0.4) is 0 Å². The molecule has 3 rings (SSSR count). The smallest absolute Gasteiger partial charge is 0.224 e. The fraction of sp³-hybridized carbons (Fsp3) is 0.789. The lowest BCUT2D eigenvalue weighted by molar-refractivity contribution is -0.127.